The maximum absolute atomic E-state index is 12.5. The zero-order valence-electron chi connectivity index (χ0n) is 14.5. The normalized spacial score (nSPS) is 14.2. The molecule has 2 amide bonds. The largest absolute Gasteiger partial charge is 0.348 e. The number of likely N-dealkylation sites (tertiary alicyclic amines) is 1. The molecule has 0 radical (unpaired) electrons. The molecular weight excluding hydrogens is 314 g/mol. The van der Waals surface area contributed by atoms with Crippen LogP contribution < -0.4 is 5.32 Å². The number of amides is 2. The summed E-state index contributed by atoms with van der Waals surface area (Å²) in [5.41, 5.74) is 3.09. The minimum absolute atomic E-state index is 0.0412. The van der Waals surface area contributed by atoms with Gasteiger partial charge in [0, 0.05) is 32.0 Å². The van der Waals surface area contributed by atoms with Crippen molar-refractivity contribution in [1.82, 2.24) is 15.2 Å². The van der Waals surface area contributed by atoms with E-state index in [0.717, 1.165) is 37.1 Å². The van der Waals surface area contributed by atoms with Crippen LogP contribution in [-0.4, -0.2) is 34.8 Å². The highest BCUT2D eigenvalue weighted by Gasteiger charge is 2.19. The summed E-state index contributed by atoms with van der Waals surface area (Å²) >= 11 is 0. The summed E-state index contributed by atoms with van der Waals surface area (Å²) in [5.74, 6) is -0.261. The number of aryl methyl sites for hydroxylation is 1. The second-order valence-corrected chi connectivity index (χ2v) is 6.49. The lowest BCUT2D eigenvalue weighted by molar-refractivity contribution is 0.0724. The summed E-state index contributed by atoms with van der Waals surface area (Å²) in [4.78, 5) is 30.8. The molecule has 0 bridgehead atoms. The average molecular weight is 337 g/mol. The van der Waals surface area contributed by atoms with E-state index in [0.29, 0.717) is 17.7 Å². The Hall–Kier alpha value is -2.69. The van der Waals surface area contributed by atoms with Gasteiger partial charge in [0.1, 0.15) is 0 Å². The van der Waals surface area contributed by atoms with Gasteiger partial charge < -0.3 is 10.2 Å². The Kier molecular flexibility index (Phi) is 5.43. The van der Waals surface area contributed by atoms with Crippen LogP contribution in [0, 0.1) is 6.92 Å². The Bertz CT molecular complexity index is 767. The number of carbonyl (C=O) groups is 2. The smallest absolute Gasteiger partial charge is 0.255 e. The van der Waals surface area contributed by atoms with E-state index < -0.39 is 0 Å². The molecule has 1 N–H and O–H groups in total. The molecule has 3 rings (SSSR count). The third kappa shape index (κ3) is 4.44. The highest BCUT2D eigenvalue weighted by Crippen LogP contribution is 2.13. The standard InChI is InChI=1S/C20H23N3O2/c1-15-6-5-7-16(10-15)12-22-19(24)17-11-18(14-21-13-17)20(25)23-8-3-2-4-9-23/h5-7,10-11,13-14H,2-4,8-9,12H2,1H3,(H,22,24). The van der Waals surface area contributed by atoms with E-state index in [9.17, 15) is 9.59 Å². The minimum atomic E-state index is -0.220. The van der Waals surface area contributed by atoms with Crippen molar-refractivity contribution in [3.8, 4) is 0 Å². The summed E-state index contributed by atoms with van der Waals surface area (Å²) in [6, 6.07) is 9.63. The van der Waals surface area contributed by atoms with Crippen LogP contribution in [0.3, 0.4) is 0 Å². The Morgan fingerprint density at radius 1 is 1.08 bits per heavy atom. The molecule has 5 heteroatoms. The molecule has 1 aromatic carbocycles. The topological polar surface area (TPSA) is 62.3 Å². The van der Waals surface area contributed by atoms with Crippen LogP contribution in [-0.2, 0) is 6.54 Å². The van der Waals surface area contributed by atoms with E-state index in [1.54, 1.807) is 6.07 Å². The zero-order chi connectivity index (χ0) is 17.6. The molecule has 2 heterocycles. The zero-order valence-corrected chi connectivity index (χ0v) is 14.5. The van der Waals surface area contributed by atoms with Crippen molar-refractivity contribution < 1.29 is 9.59 Å². The SMILES string of the molecule is Cc1cccc(CNC(=O)c2cncc(C(=O)N3CCCCC3)c2)c1. The van der Waals surface area contributed by atoms with Gasteiger partial charge >= 0.3 is 0 Å². The quantitative estimate of drug-likeness (QED) is 0.933. The molecule has 2 aromatic rings. The number of carbonyl (C=O) groups excluding carboxylic acids is 2. The van der Waals surface area contributed by atoms with E-state index in [1.165, 1.54) is 18.8 Å². The molecule has 0 spiro atoms. The molecule has 130 valence electrons. The minimum Gasteiger partial charge on any atom is -0.348 e. The monoisotopic (exact) mass is 337 g/mol. The summed E-state index contributed by atoms with van der Waals surface area (Å²) in [7, 11) is 0. The van der Waals surface area contributed by atoms with Gasteiger partial charge in [-0.3, -0.25) is 14.6 Å². The molecule has 0 unspecified atom stereocenters. The predicted molar refractivity (Wildman–Crippen MR) is 96.3 cm³/mol. The Morgan fingerprint density at radius 2 is 1.84 bits per heavy atom. The fourth-order valence-electron chi connectivity index (χ4n) is 3.07. The van der Waals surface area contributed by atoms with Crippen LogP contribution >= 0.6 is 0 Å². The fraction of sp³-hybridized carbons (Fsp3) is 0.350. The van der Waals surface area contributed by atoms with Gasteiger partial charge in [-0.1, -0.05) is 29.8 Å². The van der Waals surface area contributed by atoms with Crippen molar-refractivity contribution in [2.24, 2.45) is 0 Å². The van der Waals surface area contributed by atoms with E-state index >= 15 is 0 Å². The second kappa shape index (κ2) is 7.92. The molecule has 5 nitrogen and oxygen atoms in total. The van der Waals surface area contributed by atoms with Gasteiger partial charge in [-0.2, -0.15) is 0 Å². The van der Waals surface area contributed by atoms with Crippen LogP contribution in [0.2, 0.25) is 0 Å². The van der Waals surface area contributed by atoms with Crippen molar-refractivity contribution in [1.29, 1.82) is 0 Å². The van der Waals surface area contributed by atoms with Gasteiger partial charge in [0.2, 0.25) is 0 Å². The summed E-state index contributed by atoms with van der Waals surface area (Å²) < 4.78 is 0. The Labute approximate surface area is 148 Å². The van der Waals surface area contributed by atoms with Gasteiger partial charge in [-0.05, 0) is 37.8 Å². The maximum atomic E-state index is 12.5. The second-order valence-electron chi connectivity index (χ2n) is 6.49. The first kappa shape index (κ1) is 17.1. The highest BCUT2D eigenvalue weighted by molar-refractivity contribution is 5.99. The Balaban J connectivity index is 1.65. The summed E-state index contributed by atoms with van der Waals surface area (Å²) in [6.07, 6.45) is 6.28. The number of rotatable bonds is 4. The molecular formula is C20H23N3O2. The van der Waals surface area contributed by atoms with Crippen LogP contribution in [0.4, 0.5) is 0 Å². The van der Waals surface area contributed by atoms with E-state index in [-0.39, 0.29) is 11.8 Å². The van der Waals surface area contributed by atoms with Gasteiger partial charge in [0.15, 0.2) is 0 Å². The van der Waals surface area contributed by atoms with Crippen LogP contribution in [0.25, 0.3) is 0 Å². The number of piperidine rings is 1. The number of aromatic nitrogens is 1. The van der Waals surface area contributed by atoms with Crippen LogP contribution in [0.15, 0.2) is 42.7 Å². The number of hydrogen-bond acceptors (Lipinski definition) is 3. The first-order valence-electron chi connectivity index (χ1n) is 8.71. The molecule has 1 aromatic heterocycles. The van der Waals surface area contributed by atoms with E-state index in [4.69, 9.17) is 0 Å². The first-order valence-corrected chi connectivity index (χ1v) is 8.71. The number of pyridine rings is 1. The third-order valence-electron chi connectivity index (χ3n) is 4.43. The fourth-order valence-corrected chi connectivity index (χ4v) is 3.07. The lowest BCUT2D eigenvalue weighted by atomic mass is 10.1. The molecule has 25 heavy (non-hydrogen) atoms. The van der Waals surface area contributed by atoms with E-state index in [2.05, 4.69) is 10.3 Å². The van der Waals surface area contributed by atoms with Gasteiger partial charge in [0.25, 0.3) is 11.8 Å². The number of nitrogens with zero attached hydrogens (tertiary/aromatic N) is 2. The van der Waals surface area contributed by atoms with Gasteiger partial charge in [-0.15, -0.1) is 0 Å². The van der Waals surface area contributed by atoms with Crippen molar-refractivity contribution in [2.45, 2.75) is 32.7 Å². The van der Waals surface area contributed by atoms with Crippen LogP contribution in [0.5, 0.6) is 0 Å². The third-order valence-corrected chi connectivity index (χ3v) is 4.43. The predicted octanol–water partition coefficient (Wildman–Crippen LogP) is 2.95. The average Bonchev–Trinajstić information content (AvgIpc) is 2.66. The van der Waals surface area contributed by atoms with Crippen molar-refractivity contribution >= 4 is 11.8 Å². The number of hydrogen-bond donors (Lipinski definition) is 1. The molecule has 0 saturated carbocycles. The van der Waals surface area contributed by atoms with Gasteiger partial charge in [0.05, 0.1) is 11.1 Å². The number of benzene rings is 1. The highest BCUT2D eigenvalue weighted by atomic mass is 16.2. The van der Waals surface area contributed by atoms with Crippen LogP contribution in [0.1, 0.15) is 51.1 Å². The van der Waals surface area contributed by atoms with Gasteiger partial charge in [-0.25, -0.2) is 0 Å². The summed E-state index contributed by atoms with van der Waals surface area (Å²) in [6.45, 7) is 4.03. The lowest BCUT2D eigenvalue weighted by Crippen LogP contribution is -2.35. The molecule has 0 atom stereocenters. The molecule has 1 aliphatic heterocycles. The Morgan fingerprint density at radius 3 is 2.60 bits per heavy atom. The number of nitrogens with one attached hydrogen (secondary N) is 1. The maximum Gasteiger partial charge on any atom is 0.255 e. The lowest BCUT2D eigenvalue weighted by Gasteiger charge is -2.26. The first-order chi connectivity index (χ1) is 12.1. The van der Waals surface area contributed by atoms with Crippen molar-refractivity contribution in [2.75, 3.05) is 13.1 Å². The molecule has 1 fully saturated rings. The summed E-state index contributed by atoms with van der Waals surface area (Å²) in [5, 5.41) is 2.88. The van der Waals surface area contributed by atoms with Crippen molar-refractivity contribution in [3.05, 3.63) is 65.0 Å². The molecule has 1 saturated heterocycles. The molecule has 0 aliphatic carbocycles. The molecule has 1 aliphatic rings. The van der Waals surface area contributed by atoms with E-state index in [1.807, 2.05) is 36.1 Å². The van der Waals surface area contributed by atoms with Crippen molar-refractivity contribution in [3.63, 3.8) is 0 Å².